The molecule has 0 amide bonds. The van der Waals surface area contributed by atoms with Crippen LogP contribution in [-0.4, -0.2) is 4.98 Å². The van der Waals surface area contributed by atoms with E-state index in [1.54, 1.807) is 0 Å². The van der Waals surface area contributed by atoms with E-state index in [0.717, 1.165) is 24.9 Å². The minimum Gasteiger partial charge on any atom is -0.254 e. The summed E-state index contributed by atoms with van der Waals surface area (Å²) in [7, 11) is 0. The summed E-state index contributed by atoms with van der Waals surface area (Å²) in [5, 5.41) is 4.15. The normalized spacial score (nSPS) is 11.1. The minimum atomic E-state index is 0.788. The Balaban J connectivity index is 2.58. The topological polar surface area (TPSA) is 12.9 Å². The summed E-state index contributed by atoms with van der Waals surface area (Å²) in [6.07, 6.45) is 1.82. The Labute approximate surface area is 112 Å². The fraction of sp³-hybridized carbons (Fsp3) is 0. The van der Waals surface area contributed by atoms with E-state index in [1.165, 1.54) is 5.39 Å². The first kappa shape index (κ1) is 10.3. The van der Waals surface area contributed by atoms with Crippen molar-refractivity contribution in [3.63, 3.8) is 0 Å². The van der Waals surface area contributed by atoms with Gasteiger partial charge in [-0.1, -0.05) is 48.0 Å². The Bertz CT molecular complexity index is 694. The molecule has 0 N–H and O–H groups in total. The smallest absolute Gasteiger partial charge is 0.0796 e. The lowest BCUT2D eigenvalue weighted by Crippen LogP contribution is -1.85. The van der Waals surface area contributed by atoms with Crippen LogP contribution in [0.4, 0.5) is 0 Å². The maximum Gasteiger partial charge on any atom is 0.0796 e. The highest BCUT2D eigenvalue weighted by Gasteiger charge is 2.07. The number of nitrogens with zero attached hydrogens (tertiary/aromatic N) is 1. The monoisotopic (exact) mass is 339 g/mol. The Morgan fingerprint density at radius 2 is 1.81 bits per heavy atom. The molecule has 0 saturated carbocycles. The summed E-state index contributed by atoms with van der Waals surface area (Å²) >= 11 is 8.48. The number of hydrogen-bond acceptors (Lipinski definition) is 1. The summed E-state index contributed by atoms with van der Waals surface area (Å²) in [5.41, 5.74) is 0.975. The molecule has 1 nitrogen and oxygen atoms in total. The number of aromatic nitrogens is 1. The van der Waals surface area contributed by atoms with Gasteiger partial charge in [0.05, 0.1) is 14.1 Å². The van der Waals surface area contributed by atoms with Crippen LogP contribution in [0.1, 0.15) is 0 Å². The Morgan fingerprint density at radius 1 is 1.00 bits per heavy atom. The van der Waals surface area contributed by atoms with E-state index in [0.29, 0.717) is 0 Å². The molecule has 0 spiro atoms. The third kappa shape index (κ3) is 1.48. The molecule has 0 aliphatic rings. The van der Waals surface area contributed by atoms with E-state index in [-0.39, 0.29) is 0 Å². The highest BCUT2D eigenvalue weighted by Crippen LogP contribution is 2.31. The summed E-state index contributed by atoms with van der Waals surface area (Å²) < 4.78 is 0.988. The van der Waals surface area contributed by atoms with E-state index in [9.17, 15) is 0 Å². The molecule has 0 radical (unpaired) electrons. The molecule has 78 valence electrons. The molecule has 0 atom stereocenters. The Hall–Kier alpha value is -0.870. The molecule has 0 aliphatic heterocycles. The maximum absolute atomic E-state index is 6.28. The van der Waals surface area contributed by atoms with Gasteiger partial charge < -0.3 is 0 Å². The van der Waals surface area contributed by atoms with Crippen LogP contribution in [0.25, 0.3) is 21.7 Å². The van der Waals surface area contributed by atoms with Crippen LogP contribution in [0.3, 0.4) is 0 Å². The van der Waals surface area contributed by atoms with E-state index in [2.05, 4.69) is 45.8 Å². The molecule has 1 heterocycles. The molecule has 2 aromatic carbocycles. The van der Waals surface area contributed by atoms with Gasteiger partial charge in [0.25, 0.3) is 0 Å². The molecule has 3 aromatic rings. The first-order valence-electron chi connectivity index (χ1n) is 4.89. The fourth-order valence-corrected chi connectivity index (χ4v) is 2.51. The number of fused-ring (bicyclic) bond motifs is 3. The molecule has 3 heteroatoms. The molecule has 0 bridgehead atoms. The van der Waals surface area contributed by atoms with Gasteiger partial charge in [-0.2, -0.15) is 0 Å². The van der Waals surface area contributed by atoms with Gasteiger partial charge in [-0.3, -0.25) is 4.98 Å². The van der Waals surface area contributed by atoms with Crippen molar-refractivity contribution < 1.29 is 0 Å². The van der Waals surface area contributed by atoms with Crippen LogP contribution < -0.4 is 0 Å². The molecular weight excluding hydrogens is 333 g/mol. The summed E-state index contributed by atoms with van der Waals surface area (Å²) in [5.74, 6) is 0. The second-order valence-electron chi connectivity index (χ2n) is 3.60. The third-order valence-corrected chi connectivity index (χ3v) is 4.20. The molecule has 0 unspecified atom stereocenters. The van der Waals surface area contributed by atoms with Gasteiger partial charge in [-0.25, -0.2) is 0 Å². The van der Waals surface area contributed by atoms with Gasteiger partial charge in [0.15, 0.2) is 0 Å². The first-order chi connectivity index (χ1) is 7.77. The van der Waals surface area contributed by atoms with Gasteiger partial charge >= 0.3 is 0 Å². The molecule has 16 heavy (non-hydrogen) atoms. The van der Waals surface area contributed by atoms with Crippen molar-refractivity contribution in [2.75, 3.05) is 0 Å². The van der Waals surface area contributed by atoms with E-state index >= 15 is 0 Å². The lowest BCUT2D eigenvalue weighted by Gasteiger charge is -2.05. The van der Waals surface area contributed by atoms with Crippen molar-refractivity contribution in [2.24, 2.45) is 0 Å². The van der Waals surface area contributed by atoms with Crippen LogP contribution in [0.15, 0.2) is 42.6 Å². The average molecular weight is 340 g/mol. The molecular formula is C13H7ClIN. The van der Waals surface area contributed by atoms with Crippen molar-refractivity contribution in [3.8, 4) is 0 Å². The van der Waals surface area contributed by atoms with Gasteiger partial charge in [0.2, 0.25) is 0 Å². The highest BCUT2D eigenvalue weighted by molar-refractivity contribution is 14.1. The van der Waals surface area contributed by atoms with Crippen molar-refractivity contribution in [1.29, 1.82) is 0 Å². The van der Waals surface area contributed by atoms with Crippen LogP contribution in [0.5, 0.6) is 0 Å². The summed E-state index contributed by atoms with van der Waals surface area (Å²) in [4.78, 5) is 4.48. The van der Waals surface area contributed by atoms with Gasteiger partial charge in [-0.15, -0.1) is 0 Å². The lowest BCUT2D eigenvalue weighted by atomic mass is 10.1. The summed E-state index contributed by atoms with van der Waals surface area (Å²) in [6.45, 7) is 0. The second-order valence-corrected chi connectivity index (χ2v) is 5.14. The molecule has 0 saturated heterocycles. The predicted octanol–water partition coefficient (Wildman–Crippen LogP) is 4.65. The Morgan fingerprint density at radius 3 is 2.69 bits per heavy atom. The van der Waals surface area contributed by atoms with Crippen LogP contribution >= 0.6 is 34.2 Å². The van der Waals surface area contributed by atoms with Crippen LogP contribution in [0.2, 0.25) is 5.02 Å². The Kier molecular flexibility index (Phi) is 2.48. The van der Waals surface area contributed by atoms with E-state index in [4.69, 9.17) is 11.6 Å². The van der Waals surface area contributed by atoms with Gasteiger partial charge in [0, 0.05) is 17.0 Å². The van der Waals surface area contributed by atoms with Crippen LogP contribution in [-0.2, 0) is 0 Å². The molecule has 3 rings (SSSR count). The highest BCUT2D eigenvalue weighted by atomic mass is 127. The average Bonchev–Trinajstić information content (AvgIpc) is 2.33. The van der Waals surface area contributed by atoms with Crippen molar-refractivity contribution in [2.45, 2.75) is 0 Å². The first-order valence-corrected chi connectivity index (χ1v) is 6.34. The molecule has 0 fully saturated rings. The van der Waals surface area contributed by atoms with Gasteiger partial charge in [-0.05, 0) is 28.0 Å². The zero-order valence-electron chi connectivity index (χ0n) is 8.24. The largest absolute Gasteiger partial charge is 0.254 e. The number of hydrogen-bond donors (Lipinski definition) is 0. The zero-order valence-corrected chi connectivity index (χ0v) is 11.2. The lowest BCUT2D eigenvalue weighted by molar-refractivity contribution is 1.40. The van der Waals surface area contributed by atoms with Crippen LogP contribution in [0, 0.1) is 3.57 Å². The zero-order chi connectivity index (χ0) is 11.1. The van der Waals surface area contributed by atoms with E-state index in [1.807, 2.05) is 24.4 Å². The summed E-state index contributed by atoms with van der Waals surface area (Å²) in [6, 6.07) is 12.3. The maximum atomic E-state index is 6.28. The quantitative estimate of drug-likeness (QED) is 0.429. The predicted molar refractivity (Wildman–Crippen MR) is 77.0 cm³/mol. The number of pyridine rings is 1. The minimum absolute atomic E-state index is 0.788. The number of benzene rings is 2. The number of halogens is 2. The van der Waals surface area contributed by atoms with E-state index < -0.39 is 0 Å². The van der Waals surface area contributed by atoms with Crippen molar-refractivity contribution in [1.82, 2.24) is 4.98 Å². The van der Waals surface area contributed by atoms with Gasteiger partial charge in [0.1, 0.15) is 0 Å². The second kappa shape index (κ2) is 3.86. The fourth-order valence-electron chi connectivity index (χ4n) is 1.88. The standard InChI is InChI=1S/C13H7ClIN/c14-12-10-6-5-8-3-1-2-4-9(8)13(10)16-7-11(12)15/h1-7H. The van der Waals surface area contributed by atoms with Crippen molar-refractivity contribution in [3.05, 3.63) is 51.2 Å². The third-order valence-electron chi connectivity index (χ3n) is 2.65. The molecule has 0 aliphatic carbocycles. The molecule has 1 aromatic heterocycles. The van der Waals surface area contributed by atoms with Crippen molar-refractivity contribution >= 4 is 55.9 Å². The SMILES string of the molecule is Clc1c(I)cnc2c1ccc1ccccc12. The number of rotatable bonds is 0.